The van der Waals surface area contributed by atoms with Crippen LogP contribution >= 0.6 is 0 Å². The Bertz CT molecular complexity index is 1330. The number of likely N-dealkylation sites (N-methyl/N-ethyl adjacent to an activating group) is 1. The van der Waals surface area contributed by atoms with Crippen molar-refractivity contribution >= 4 is 32.8 Å². The fourth-order valence-electron chi connectivity index (χ4n) is 4.33. The highest BCUT2D eigenvalue weighted by molar-refractivity contribution is 7.90. The highest BCUT2D eigenvalue weighted by Gasteiger charge is 2.33. The molecule has 0 N–H and O–H groups in total. The lowest BCUT2D eigenvalue weighted by molar-refractivity contribution is -0.131. The van der Waals surface area contributed by atoms with Gasteiger partial charge in [-0.3, -0.25) is 4.79 Å². The summed E-state index contributed by atoms with van der Waals surface area (Å²) in [5, 5.41) is 9.49. The van der Waals surface area contributed by atoms with E-state index in [1.807, 2.05) is 24.9 Å². The van der Waals surface area contributed by atoms with E-state index in [4.69, 9.17) is 5.26 Å². The van der Waals surface area contributed by atoms with Crippen molar-refractivity contribution in [3.05, 3.63) is 48.4 Å². The van der Waals surface area contributed by atoms with Gasteiger partial charge in [0, 0.05) is 26.3 Å². The number of nitriles is 1. The predicted molar refractivity (Wildman–Crippen MR) is 124 cm³/mol. The smallest absolute Gasteiger partial charge is 0.269 e. The van der Waals surface area contributed by atoms with E-state index in [-0.39, 0.29) is 29.2 Å². The molecular formula is C23H26N6O3S. The molecule has 10 heteroatoms. The first-order valence-electron chi connectivity index (χ1n) is 10.8. The molecule has 2 aromatic heterocycles. The monoisotopic (exact) mass is 466 g/mol. The van der Waals surface area contributed by atoms with Crippen LogP contribution in [0.4, 0.5) is 5.82 Å². The fraction of sp³-hybridized carbons (Fsp3) is 0.391. The summed E-state index contributed by atoms with van der Waals surface area (Å²) in [6.07, 6.45) is 3.53. The van der Waals surface area contributed by atoms with E-state index < -0.39 is 10.0 Å². The number of amides is 1. The number of anilines is 1. The molecule has 1 aliphatic rings. The van der Waals surface area contributed by atoms with Crippen molar-refractivity contribution in [3.63, 3.8) is 0 Å². The third kappa shape index (κ3) is 4.16. The summed E-state index contributed by atoms with van der Waals surface area (Å²) in [6.45, 7) is 5.12. The molecule has 1 aromatic carbocycles. The molecule has 4 rings (SSSR count). The average Bonchev–Trinajstić information content (AvgIpc) is 3.24. The normalized spacial score (nSPS) is 18.8. The summed E-state index contributed by atoms with van der Waals surface area (Å²) in [5.41, 5.74) is 1.27. The van der Waals surface area contributed by atoms with E-state index in [2.05, 4.69) is 16.9 Å². The second-order valence-corrected chi connectivity index (χ2v) is 10.3. The Labute approximate surface area is 193 Å². The Balaban J connectivity index is 1.70. The molecule has 9 nitrogen and oxygen atoms in total. The second kappa shape index (κ2) is 8.83. The minimum atomic E-state index is -3.82. The van der Waals surface area contributed by atoms with Crippen LogP contribution in [0.1, 0.15) is 25.3 Å². The molecule has 0 unspecified atom stereocenters. The number of likely N-dealkylation sites (tertiary alicyclic amines) is 1. The van der Waals surface area contributed by atoms with Gasteiger partial charge in [0.15, 0.2) is 5.65 Å². The van der Waals surface area contributed by atoms with Crippen molar-refractivity contribution in [2.75, 3.05) is 25.0 Å². The molecule has 3 aromatic rings. The zero-order valence-corrected chi connectivity index (χ0v) is 19.7. The quantitative estimate of drug-likeness (QED) is 0.568. The van der Waals surface area contributed by atoms with Gasteiger partial charge in [-0.2, -0.15) is 5.26 Å². The second-order valence-electron chi connectivity index (χ2n) is 8.48. The SMILES string of the molecule is Cc1ccc(S(=O)(=O)n2ccc3c(N(C)[C@H]4CN(C(=O)CC#N)CC[C@H]4C)ncnc32)cc1. The van der Waals surface area contributed by atoms with E-state index >= 15 is 0 Å². The van der Waals surface area contributed by atoms with Crippen LogP contribution in [0.5, 0.6) is 0 Å². The van der Waals surface area contributed by atoms with Crippen molar-refractivity contribution in [2.45, 2.75) is 37.6 Å². The third-order valence-corrected chi connectivity index (χ3v) is 8.02. The summed E-state index contributed by atoms with van der Waals surface area (Å²) in [6, 6.07) is 10.3. The molecule has 3 heterocycles. The molecule has 0 bridgehead atoms. The van der Waals surface area contributed by atoms with Crippen molar-refractivity contribution in [1.82, 2.24) is 18.8 Å². The van der Waals surface area contributed by atoms with Crippen LogP contribution in [-0.4, -0.2) is 59.3 Å². The van der Waals surface area contributed by atoms with Crippen LogP contribution in [0.2, 0.25) is 0 Å². The first-order valence-corrected chi connectivity index (χ1v) is 12.2. The van der Waals surface area contributed by atoms with E-state index in [0.717, 1.165) is 12.0 Å². The summed E-state index contributed by atoms with van der Waals surface area (Å²) < 4.78 is 27.7. The maximum Gasteiger partial charge on any atom is 0.269 e. The van der Waals surface area contributed by atoms with Gasteiger partial charge in [-0.1, -0.05) is 24.6 Å². The number of carbonyl (C=O) groups excluding carboxylic acids is 1. The number of hydrogen-bond acceptors (Lipinski definition) is 7. The van der Waals surface area contributed by atoms with Crippen LogP contribution in [0, 0.1) is 24.2 Å². The van der Waals surface area contributed by atoms with Gasteiger partial charge in [0.1, 0.15) is 18.6 Å². The molecule has 0 spiro atoms. The van der Waals surface area contributed by atoms with Crippen molar-refractivity contribution in [3.8, 4) is 6.07 Å². The largest absolute Gasteiger partial charge is 0.354 e. The van der Waals surface area contributed by atoms with E-state index in [1.165, 1.54) is 16.5 Å². The Morgan fingerprint density at radius 1 is 1.24 bits per heavy atom. The Morgan fingerprint density at radius 3 is 2.67 bits per heavy atom. The van der Waals surface area contributed by atoms with Gasteiger partial charge in [0.2, 0.25) is 5.91 Å². The molecule has 1 amide bonds. The van der Waals surface area contributed by atoms with Crippen LogP contribution in [0.25, 0.3) is 11.0 Å². The molecule has 2 atom stereocenters. The lowest BCUT2D eigenvalue weighted by atomic mass is 9.92. The van der Waals surface area contributed by atoms with Gasteiger partial charge >= 0.3 is 0 Å². The summed E-state index contributed by atoms with van der Waals surface area (Å²) >= 11 is 0. The number of piperidine rings is 1. The minimum Gasteiger partial charge on any atom is -0.354 e. The molecule has 33 heavy (non-hydrogen) atoms. The fourth-order valence-corrected chi connectivity index (χ4v) is 5.63. The zero-order valence-electron chi connectivity index (χ0n) is 18.8. The van der Waals surface area contributed by atoms with E-state index in [0.29, 0.717) is 29.9 Å². The molecule has 0 radical (unpaired) electrons. The number of carbonyl (C=O) groups is 1. The maximum absolute atomic E-state index is 13.3. The Hall–Kier alpha value is -3.45. The zero-order chi connectivity index (χ0) is 23.8. The summed E-state index contributed by atoms with van der Waals surface area (Å²) in [4.78, 5) is 24.9. The molecule has 0 saturated carbocycles. The standard InChI is InChI=1S/C23H26N6O3S/c1-16-4-6-18(7-5-16)33(31,32)29-13-10-19-22(25-15-26-23(19)29)27(3)20-14-28(12-9-17(20)2)21(30)8-11-24/h4-7,10,13,15,17,20H,8-9,12,14H2,1-3H3/t17-,20+/m1/s1. The minimum absolute atomic E-state index is 0.0310. The molecule has 0 aliphatic carbocycles. The first-order chi connectivity index (χ1) is 15.7. The Morgan fingerprint density at radius 2 is 1.97 bits per heavy atom. The lowest BCUT2D eigenvalue weighted by Gasteiger charge is -2.42. The molecular weight excluding hydrogens is 440 g/mol. The van der Waals surface area contributed by atoms with Crippen molar-refractivity contribution in [2.24, 2.45) is 5.92 Å². The number of nitrogens with zero attached hydrogens (tertiary/aromatic N) is 6. The number of fused-ring (bicyclic) bond motifs is 1. The number of benzene rings is 1. The molecule has 172 valence electrons. The molecule has 1 fully saturated rings. The molecule has 1 aliphatic heterocycles. The van der Waals surface area contributed by atoms with Crippen molar-refractivity contribution in [1.29, 1.82) is 5.26 Å². The van der Waals surface area contributed by atoms with E-state index in [9.17, 15) is 13.2 Å². The number of hydrogen-bond donors (Lipinski definition) is 0. The average molecular weight is 467 g/mol. The van der Waals surface area contributed by atoms with Crippen LogP contribution in [-0.2, 0) is 14.8 Å². The Kier molecular flexibility index (Phi) is 6.08. The molecule has 1 saturated heterocycles. The summed E-state index contributed by atoms with van der Waals surface area (Å²) in [5.74, 6) is 0.708. The van der Waals surface area contributed by atoms with Gasteiger partial charge in [0.05, 0.1) is 22.4 Å². The topological polar surface area (TPSA) is 112 Å². The number of aryl methyl sites for hydroxylation is 1. The number of rotatable bonds is 5. The van der Waals surface area contributed by atoms with Gasteiger partial charge < -0.3 is 9.80 Å². The van der Waals surface area contributed by atoms with Crippen LogP contribution in [0.15, 0.2) is 47.8 Å². The maximum atomic E-state index is 13.3. The third-order valence-electron chi connectivity index (χ3n) is 6.34. The summed E-state index contributed by atoms with van der Waals surface area (Å²) in [7, 11) is -1.92. The number of aromatic nitrogens is 3. The van der Waals surface area contributed by atoms with E-state index in [1.54, 1.807) is 35.2 Å². The van der Waals surface area contributed by atoms with Gasteiger partial charge in [-0.05, 0) is 37.5 Å². The van der Waals surface area contributed by atoms with Crippen molar-refractivity contribution < 1.29 is 13.2 Å². The highest BCUT2D eigenvalue weighted by atomic mass is 32.2. The van der Waals surface area contributed by atoms with Gasteiger partial charge in [0.25, 0.3) is 10.0 Å². The van der Waals surface area contributed by atoms with Crippen LogP contribution < -0.4 is 4.90 Å². The first kappa shape index (κ1) is 22.7. The van der Waals surface area contributed by atoms with Gasteiger partial charge in [-0.15, -0.1) is 0 Å². The van der Waals surface area contributed by atoms with Gasteiger partial charge in [-0.25, -0.2) is 22.4 Å². The van der Waals surface area contributed by atoms with Crippen LogP contribution in [0.3, 0.4) is 0 Å². The predicted octanol–water partition coefficient (Wildman–Crippen LogP) is 2.56. The lowest BCUT2D eigenvalue weighted by Crippen LogP contribution is -2.52. The highest BCUT2D eigenvalue weighted by Crippen LogP contribution is 2.31.